The van der Waals surface area contributed by atoms with Crippen molar-refractivity contribution in [3.05, 3.63) is 41.3 Å². The van der Waals surface area contributed by atoms with E-state index in [0.717, 1.165) is 18.7 Å². The Morgan fingerprint density at radius 2 is 1.82 bits per heavy atom. The zero-order valence-corrected chi connectivity index (χ0v) is 10.5. The van der Waals surface area contributed by atoms with Crippen molar-refractivity contribution in [2.45, 2.75) is 39.7 Å². The Morgan fingerprint density at radius 1 is 1.06 bits per heavy atom. The molecule has 0 bridgehead atoms. The molecule has 0 saturated heterocycles. The van der Waals surface area contributed by atoms with Gasteiger partial charge >= 0.3 is 0 Å². The summed E-state index contributed by atoms with van der Waals surface area (Å²) >= 11 is 0. The zero-order valence-electron chi connectivity index (χ0n) is 10.5. The summed E-state index contributed by atoms with van der Waals surface area (Å²) in [6.45, 7) is 5.42. The first-order valence-electron chi connectivity index (χ1n) is 6.37. The number of benzene rings is 1. The summed E-state index contributed by atoms with van der Waals surface area (Å²) in [5.74, 6) is 1.26. The lowest BCUT2D eigenvalue weighted by Crippen LogP contribution is -2.08. The molecule has 0 unspecified atom stereocenters. The van der Waals surface area contributed by atoms with Crippen LogP contribution in [0.15, 0.2) is 24.4 Å². The minimum Gasteiger partial charge on any atom is -0.334 e. The fourth-order valence-electron chi connectivity index (χ4n) is 2.67. The molecule has 1 aromatic carbocycles. The summed E-state index contributed by atoms with van der Waals surface area (Å²) in [6.07, 6.45) is 5.91. The Balaban J connectivity index is 2.05. The molecular weight excluding hydrogens is 208 g/mol. The molecule has 3 rings (SSSR count). The van der Waals surface area contributed by atoms with Gasteiger partial charge in [0.2, 0.25) is 0 Å². The second-order valence-corrected chi connectivity index (χ2v) is 5.07. The predicted molar refractivity (Wildman–Crippen MR) is 70.1 cm³/mol. The summed E-state index contributed by atoms with van der Waals surface area (Å²) in [4.78, 5) is 4.77. The molecule has 1 aliphatic heterocycles. The van der Waals surface area contributed by atoms with Crippen LogP contribution in [0.25, 0.3) is 11.3 Å². The Labute approximate surface area is 102 Å². The van der Waals surface area contributed by atoms with E-state index in [1.165, 1.54) is 35.4 Å². The molecule has 0 radical (unpaired) electrons. The van der Waals surface area contributed by atoms with E-state index in [9.17, 15) is 0 Å². The summed E-state index contributed by atoms with van der Waals surface area (Å²) in [6, 6.07) is 6.65. The molecule has 1 aliphatic rings. The maximum atomic E-state index is 4.77. The summed E-state index contributed by atoms with van der Waals surface area (Å²) in [5, 5.41) is 0. The van der Waals surface area contributed by atoms with Gasteiger partial charge in [0, 0.05) is 24.7 Å². The second kappa shape index (κ2) is 4.02. The fourth-order valence-corrected chi connectivity index (χ4v) is 2.67. The van der Waals surface area contributed by atoms with Gasteiger partial charge in [-0.05, 0) is 38.8 Å². The van der Waals surface area contributed by atoms with Gasteiger partial charge in [0.05, 0.1) is 5.69 Å². The van der Waals surface area contributed by atoms with Gasteiger partial charge < -0.3 is 4.57 Å². The number of hydrogen-bond acceptors (Lipinski definition) is 1. The lowest BCUT2D eigenvalue weighted by molar-refractivity contribution is 0.522. The number of hydrogen-bond donors (Lipinski definition) is 0. The molecule has 17 heavy (non-hydrogen) atoms. The third kappa shape index (κ3) is 1.99. The number of aromatic nitrogens is 2. The van der Waals surface area contributed by atoms with Crippen LogP contribution in [0.5, 0.6) is 0 Å². The Hall–Kier alpha value is -1.57. The number of rotatable bonds is 1. The fraction of sp³-hybridized carbons (Fsp3) is 0.400. The third-order valence-electron chi connectivity index (χ3n) is 3.43. The van der Waals surface area contributed by atoms with E-state index in [4.69, 9.17) is 4.98 Å². The highest BCUT2D eigenvalue weighted by Crippen LogP contribution is 2.24. The molecule has 2 heterocycles. The molecule has 88 valence electrons. The van der Waals surface area contributed by atoms with Gasteiger partial charge in [-0.2, -0.15) is 0 Å². The lowest BCUT2D eigenvalue weighted by Gasteiger charge is -2.11. The highest BCUT2D eigenvalue weighted by Gasteiger charge is 2.13. The van der Waals surface area contributed by atoms with Crippen LogP contribution in [0.3, 0.4) is 0 Å². The van der Waals surface area contributed by atoms with Gasteiger partial charge in [-0.25, -0.2) is 4.98 Å². The van der Waals surface area contributed by atoms with Crippen LogP contribution in [0, 0.1) is 13.8 Å². The van der Waals surface area contributed by atoms with Crippen LogP contribution in [-0.4, -0.2) is 9.55 Å². The highest BCUT2D eigenvalue weighted by molar-refractivity contribution is 5.61. The smallest absolute Gasteiger partial charge is 0.109 e. The second-order valence-electron chi connectivity index (χ2n) is 5.07. The van der Waals surface area contributed by atoms with E-state index in [2.05, 4.69) is 42.8 Å². The summed E-state index contributed by atoms with van der Waals surface area (Å²) in [7, 11) is 0. The Kier molecular flexibility index (Phi) is 2.50. The maximum Gasteiger partial charge on any atom is 0.109 e. The van der Waals surface area contributed by atoms with Crippen molar-refractivity contribution in [2.75, 3.05) is 0 Å². The van der Waals surface area contributed by atoms with Crippen molar-refractivity contribution in [1.29, 1.82) is 0 Å². The SMILES string of the molecule is Cc1cc(C)cc(-c2cn3c(n2)CCCC3)c1. The Morgan fingerprint density at radius 3 is 2.53 bits per heavy atom. The first-order chi connectivity index (χ1) is 8.22. The minimum atomic E-state index is 1.13. The first kappa shape index (κ1) is 10.6. The predicted octanol–water partition coefficient (Wildman–Crippen LogP) is 3.50. The molecule has 0 fully saturated rings. The molecule has 2 aromatic rings. The molecule has 2 heteroatoms. The lowest BCUT2D eigenvalue weighted by atomic mass is 10.1. The van der Waals surface area contributed by atoms with Crippen LogP contribution in [0.2, 0.25) is 0 Å². The molecule has 0 atom stereocenters. The van der Waals surface area contributed by atoms with Gasteiger partial charge in [-0.1, -0.05) is 17.2 Å². The van der Waals surface area contributed by atoms with Gasteiger partial charge in [-0.3, -0.25) is 0 Å². The highest BCUT2D eigenvalue weighted by atomic mass is 15.1. The molecule has 0 saturated carbocycles. The van der Waals surface area contributed by atoms with E-state index >= 15 is 0 Å². The average Bonchev–Trinajstić information content (AvgIpc) is 2.71. The molecule has 2 nitrogen and oxygen atoms in total. The molecule has 0 N–H and O–H groups in total. The zero-order chi connectivity index (χ0) is 11.8. The van der Waals surface area contributed by atoms with E-state index in [0.29, 0.717) is 0 Å². The summed E-state index contributed by atoms with van der Waals surface area (Å²) in [5.41, 5.74) is 5.01. The number of aryl methyl sites for hydroxylation is 4. The molecule has 0 amide bonds. The quantitative estimate of drug-likeness (QED) is 0.727. The topological polar surface area (TPSA) is 17.8 Å². The maximum absolute atomic E-state index is 4.77. The van der Waals surface area contributed by atoms with Gasteiger partial charge in [0.25, 0.3) is 0 Å². The average molecular weight is 226 g/mol. The molecule has 0 aliphatic carbocycles. The Bertz CT molecular complexity index is 508. The van der Waals surface area contributed by atoms with Crippen molar-refractivity contribution in [2.24, 2.45) is 0 Å². The van der Waals surface area contributed by atoms with Crippen LogP contribution < -0.4 is 0 Å². The van der Waals surface area contributed by atoms with Crippen molar-refractivity contribution < 1.29 is 0 Å². The van der Waals surface area contributed by atoms with Crippen molar-refractivity contribution >= 4 is 0 Å². The minimum absolute atomic E-state index is 1.13. The van der Waals surface area contributed by atoms with Crippen LogP contribution in [-0.2, 0) is 13.0 Å². The molecular formula is C15H18N2. The van der Waals surface area contributed by atoms with E-state index in [-0.39, 0.29) is 0 Å². The van der Waals surface area contributed by atoms with Gasteiger partial charge in [-0.15, -0.1) is 0 Å². The van der Waals surface area contributed by atoms with Gasteiger partial charge in [0.15, 0.2) is 0 Å². The monoisotopic (exact) mass is 226 g/mol. The summed E-state index contributed by atoms with van der Waals surface area (Å²) < 4.78 is 2.32. The molecule has 0 spiro atoms. The normalized spacial score (nSPS) is 14.7. The van der Waals surface area contributed by atoms with Crippen LogP contribution >= 0.6 is 0 Å². The first-order valence-corrected chi connectivity index (χ1v) is 6.37. The van der Waals surface area contributed by atoms with E-state index < -0.39 is 0 Å². The van der Waals surface area contributed by atoms with Crippen molar-refractivity contribution in [3.8, 4) is 11.3 Å². The van der Waals surface area contributed by atoms with Crippen LogP contribution in [0.1, 0.15) is 29.8 Å². The van der Waals surface area contributed by atoms with E-state index in [1.807, 2.05) is 0 Å². The molecule has 1 aromatic heterocycles. The third-order valence-corrected chi connectivity index (χ3v) is 3.43. The number of nitrogens with zero attached hydrogens (tertiary/aromatic N) is 2. The van der Waals surface area contributed by atoms with Crippen molar-refractivity contribution in [1.82, 2.24) is 9.55 Å². The largest absolute Gasteiger partial charge is 0.334 e. The van der Waals surface area contributed by atoms with Crippen molar-refractivity contribution in [3.63, 3.8) is 0 Å². The van der Waals surface area contributed by atoms with Crippen LogP contribution in [0.4, 0.5) is 0 Å². The standard InChI is InChI=1S/C15H18N2/c1-11-7-12(2)9-13(8-11)14-10-17-6-4-3-5-15(17)16-14/h7-10H,3-6H2,1-2H3. The number of fused-ring (bicyclic) bond motifs is 1. The van der Waals surface area contributed by atoms with Gasteiger partial charge in [0.1, 0.15) is 5.82 Å². The number of imidazole rings is 1. The van der Waals surface area contributed by atoms with E-state index in [1.54, 1.807) is 0 Å².